The smallest absolute Gasteiger partial charge is 0.416 e. The van der Waals surface area contributed by atoms with Gasteiger partial charge in [0, 0.05) is 6.07 Å². The second-order valence-electron chi connectivity index (χ2n) is 6.56. The summed E-state index contributed by atoms with van der Waals surface area (Å²) in [4.78, 5) is 46.0. The lowest BCUT2D eigenvalue weighted by Gasteiger charge is -2.12. The van der Waals surface area contributed by atoms with E-state index in [0.29, 0.717) is 17.8 Å². The first-order chi connectivity index (χ1) is 16.4. The zero-order chi connectivity index (χ0) is 26.2. The van der Waals surface area contributed by atoms with E-state index in [2.05, 4.69) is 4.74 Å². The second-order valence-corrected chi connectivity index (χ2v) is 8.00. The van der Waals surface area contributed by atoms with Crippen molar-refractivity contribution >= 4 is 45.9 Å². The van der Waals surface area contributed by atoms with Crippen LogP contribution in [0.1, 0.15) is 22.8 Å². The van der Waals surface area contributed by atoms with Crippen LogP contribution < -0.4 is 4.74 Å². The Morgan fingerprint density at radius 1 is 1.11 bits per heavy atom. The van der Waals surface area contributed by atoms with Gasteiger partial charge in [0.1, 0.15) is 30.3 Å². The Kier molecular flexibility index (Phi) is 10.0. The SMILES string of the molecule is CCOC(=O)CSC(=O)COCC(=O)c1cc(Oc2ccc(C(F)(F)F)cc2Cl)ccc1[N+](=O)[O-]. The van der Waals surface area contributed by atoms with E-state index in [1.165, 1.54) is 0 Å². The van der Waals surface area contributed by atoms with Crippen molar-refractivity contribution in [3.63, 3.8) is 0 Å². The Labute approximate surface area is 205 Å². The van der Waals surface area contributed by atoms with Crippen LogP contribution in [0.15, 0.2) is 36.4 Å². The molecule has 0 radical (unpaired) electrons. The Bertz CT molecular complexity index is 1130. The van der Waals surface area contributed by atoms with Crippen LogP contribution in [0.2, 0.25) is 5.02 Å². The van der Waals surface area contributed by atoms with Gasteiger partial charge >= 0.3 is 12.1 Å². The van der Waals surface area contributed by atoms with Crippen molar-refractivity contribution in [2.24, 2.45) is 0 Å². The van der Waals surface area contributed by atoms with Gasteiger partial charge < -0.3 is 14.2 Å². The molecule has 0 aromatic heterocycles. The Morgan fingerprint density at radius 3 is 2.43 bits per heavy atom. The molecule has 0 aliphatic rings. The number of carbonyl (C=O) groups is 3. The molecular weight excluding hydrogens is 519 g/mol. The molecule has 0 aliphatic heterocycles. The number of ether oxygens (including phenoxy) is 3. The van der Waals surface area contributed by atoms with E-state index in [1.54, 1.807) is 6.92 Å². The summed E-state index contributed by atoms with van der Waals surface area (Å²) >= 11 is 6.47. The molecule has 14 heteroatoms. The lowest BCUT2D eigenvalue weighted by molar-refractivity contribution is -0.385. The van der Waals surface area contributed by atoms with Crippen molar-refractivity contribution in [2.45, 2.75) is 13.1 Å². The molecule has 2 rings (SSSR count). The lowest BCUT2D eigenvalue weighted by atomic mass is 10.1. The molecule has 0 amide bonds. The van der Waals surface area contributed by atoms with Crippen molar-refractivity contribution in [2.75, 3.05) is 25.6 Å². The number of alkyl halides is 3. The first kappa shape index (κ1) is 28.1. The third-order valence-corrected chi connectivity index (χ3v) is 5.18. The summed E-state index contributed by atoms with van der Waals surface area (Å²) in [6, 6.07) is 5.48. The zero-order valence-corrected chi connectivity index (χ0v) is 19.5. The number of nitro groups is 1. The van der Waals surface area contributed by atoms with Crippen molar-refractivity contribution < 1.29 is 46.7 Å². The third-order valence-electron chi connectivity index (χ3n) is 4.06. The molecular formula is C21H17ClF3NO8S. The molecule has 0 aliphatic carbocycles. The van der Waals surface area contributed by atoms with Crippen LogP contribution in [0.4, 0.5) is 18.9 Å². The van der Waals surface area contributed by atoms with Crippen LogP contribution in [0.3, 0.4) is 0 Å². The highest BCUT2D eigenvalue weighted by Gasteiger charge is 2.31. The van der Waals surface area contributed by atoms with Crippen molar-refractivity contribution in [3.05, 3.63) is 62.7 Å². The van der Waals surface area contributed by atoms with Crippen LogP contribution in [0.25, 0.3) is 0 Å². The summed E-state index contributed by atoms with van der Waals surface area (Å²) in [7, 11) is 0. The van der Waals surface area contributed by atoms with Gasteiger partial charge in [0.15, 0.2) is 5.78 Å². The van der Waals surface area contributed by atoms with E-state index < -0.39 is 58.0 Å². The molecule has 0 saturated heterocycles. The molecule has 0 saturated carbocycles. The largest absolute Gasteiger partial charge is 0.465 e. The lowest BCUT2D eigenvalue weighted by Crippen LogP contribution is -2.16. The maximum Gasteiger partial charge on any atom is 0.416 e. The van der Waals surface area contributed by atoms with E-state index in [9.17, 15) is 37.7 Å². The number of Topliss-reactive ketones (excluding diaryl/α,β-unsaturated/α-hetero) is 1. The van der Waals surface area contributed by atoms with Crippen LogP contribution in [0.5, 0.6) is 11.5 Å². The van der Waals surface area contributed by atoms with Gasteiger partial charge in [-0.25, -0.2) is 0 Å². The number of rotatable bonds is 11. The average Bonchev–Trinajstić information content (AvgIpc) is 2.78. The summed E-state index contributed by atoms with van der Waals surface area (Å²) in [5.74, 6) is -1.97. The molecule has 188 valence electrons. The van der Waals surface area contributed by atoms with Gasteiger partial charge in [-0.1, -0.05) is 23.4 Å². The van der Waals surface area contributed by atoms with E-state index in [0.717, 1.165) is 30.3 Å². The summed E-state index contributed by atoms with van der Waals surface area (Å²) in [6.07, 6.45) is -4.62. The van der Waals surface area contributed by atoms with Gasteiger partial charge in [0.25, 0.3) is 5.69 Å². The minimum atomic E-state index is -4.62. The number of hydrogen-bond acceptors (Lipinski definition) is 9. The van der Waals surface area contributed by atoms with Gasteiger partial charge in [-0.05, 0) is 37.3 Å². The van der Waals surface area contributed by atoms with Gasteiger partial charge in [0.05, 0.1) is 27.9 Å². The normalized spacial score (nSPS) is 11.1. The highest BCUT2D eigenvalue weighted by atomic mass is 35.5. The zero-order valence-electron chi connectivity index (χ0n) is 17.9. The molecule has 35 heavy (non-hydrogen) atoms. The van der Waals surface area contributed by atoms with E-state index in [1.807, 2.05) is 0 Å². The monoisotopic (exact) mass is 535 g/mol. The number of benzene rings is 2. The number of hydrogen-bond donors (Lipinski definition) is 0. The minimum Gasteiger partial charge on any atom is -0.465 e. The minimum absolute atomic E-state index is 0.110. The maximum absolute atomic E-state index is 12.8. The molecule has 9 nitrogen and oxygen atoms in total. The number of halogens is 4. The van der Waals surface area contributed by atoms with Gasteiger partial charge in [-0.2, -0.15) is 13.2 Å². The molecule has 2 aromatic carbocycles. The van der Waals surface area contributed by atoms with Gasteiger partial charge in [0.2, 0.25) is 5.12 Å². The maximum atomic E-state index is 12.8. The first-order valence-electron chi connectivity index (χ1n) is 9.67. The van der Waals surface area contributed by atoms with Crippen molar-refractivity contribution in [1.29, 1.82) is 0 Å². The predicted molar refractivity (Wildman–Crippen MR) is 119 cm³/mol. The highest BCUT2D eigenvalue weighted by molar-refractivity contribution is 8.14. The first-order valence-corrected chi connectivity index (χ1v) is 11.0. The van der Waals surface area contributed by atoms with Gasteiger partial charge in [-0.15, -0.1) is 0 Å². The molecule has 0 fully saturated rings. The molecule has 0 unspecified atom stereocenters. The fraction of sp³-hybridized carbons (Fsp3) is 0.286. The standard InChI is InChI=1S/C21H17ClF3NO8S/c1-2-33-19(28)11-35-20(29)10-32-9-17(27)14-8-13(4-5-16(14)26(30)31)34-18-6-3-12(7-15(18)22)21(23,24)25/h3-8H,2,9-11H2,1H3. The quantitative estimate of drug-likeness (QED) is 0.168. The third kappa shape index (κ3) is 8.53. The fourth-order valence-corrected chi connectivity index (χ4v) is 3.28. The average molecular weight is 536 g/mol. The van der Waals surface area contributed by atoms with E-state index in [4.69, 9.17) is 21.1 Å². The van der Waals surface area contributed by atoms with E-state index in [-0.39, 0.29) is 28.9 Å². The predicted octanol–water partition coefficient (Wildman–Crippen LogP) is 5.08. The van der Waals surface area contributed by atoms with Crippen LogP contribution in [-0.4, -0.2) is 47.4 Å². The summed E-state index contributed by atoms with van der Waals surface area (Å²) in [5.41, 5.74) is -1.99. The van der Waals surface area contributed by atoms with Crippen LogP contribution in [-0.2, 0) is 25.2 Å². The summed E-state index contributed by atoms with van der Waals surface area (Å²) < 4.78 is 53.5. The molecule has 0 atom stereocenters. The van der Waals surface area contributed by atoms with Crippen LogP contribution >= 0.6 is 23.4 Å². The second kappa shape index (κ2) is 12.5. The molecule has 2 aromatic rings. The molecule has 0 bridgehead atoms. The fourth-order valence-electron chi connectivity index (χ4n) is 2.54. The summed E-state index contributed by atoms with van der Waals surface area (Å²) in [5, 5.41) is 10.4. The van der Waals surface area contributed by atoms with Crippen molar-refractivity contribution in [1.82, 2.24) is 0 Å². The molecule has 0 N–H and O–H groups in total. The van der Waals surface area contributed by atoms with Crippen molar-refractivity contribution in [3.8, 4) is 11.5 Å². The Morgan fingerprint density at radius 2 is 1.83 bits per heavy atom. The van der Waals surface area contributed by atoms with Gasteiger partial charge in [-0.3, -0.25) is 24.5 Å². The number of nitrogens with zero attached hydrogens (tertiary/aromatic N) is 1. The number of nitro benzene ring substituents is 1. The molecule has 0 heterocycles. The van der Waals surface area contributed by atoms with Crippen LogP contribution in [0, 0.1) is 10.1 Å². The Balaban J connectivity index is 2.09. The summed E-state index contributed by atoms with van der Waals surface area (Å²) in [6.45, 7) is 0.527. The number of esters is 1. The molecule has 0 spiro atoms. The number of thioether (sulfide) groups is 1. The highest BCUT2D eigenvalue weighted by Crippen LogP contribution is 2.37. The topological polar surface area (TPSA) is 122 Å². The number of carbonyl (C=O) groups excluding carboxylic acids is 3. The Hall–Kier alpha value is -3.16. The number of ketones is 1. The van der Waals surface area contributed by atoms with E-state index >= 15 is 0 Å².